The van der Waals surface area contributed by atoms with Crippen molar-refractivity contribution in [3.05, 3.63) is 18.2 Å². The zero-order valence-electron chi connectivity index (χ0n) is 11.9. The van der Waals surface area contributed by atoms with E-state index in [0.717, 1.165) is 5.69 Å². The Labute approximate surface area is 120 Å². The van der Waals surface area contributed by atoms with Crippen LogP contribution < -0.4 is 15.4 Å². The molecule has 0 saturated carbocycles. The van der Waals surface area contributed by atoms with Crippen LogP contribution in [0.2, 0.25) is 0 Å². The first-order valence-corrected chi connectivity index (χ1v) is 7.78. The third-order valence-corrected chi connectivity index (χ3v) is 4.39. The average Bonchev–Trinajstić information content (AvgIpc) is 2.40. The number of hydrogen-bond acceptors (Lipinski definition) is 5. The van der Waals surface area contributed by atoms with E-state index >= 15 is 0 Å². The largest absolute Gasteiger partial charge is 0.397 e. The fourth-order valence-corrected chi connectivity index (χ4v) is 2.67. The van der Waals surface area contributed by atoms with Gasteiger partial charge in [-0.25, -0.2) is 13.1 Å². The monoisotopic (exact) mass is 296 g/mol. The van der Waals surface area contributed by atoms with Gasteiger partial charge < -0.3 is 10.6 Å². The van der Waals surface area contributed by atoms with Crippen LogP contribution in [0.4, 0.5) is 11.4 Å². The Bertz CT molecular complexity index is 605. The van der Waals surface area contributed by atoms with Crippen molar-refractivity contribution in [2.45, 2.75) is 31.2 Å². The molecule has 3 N–H and O–H groups in total. The van der Waals surface area contributed by atoms with Gasteiger partial charge in [0.2, 0.25) is 10.0 Å². The minimum Gasteiger partial charge on any atom is -0.397 e. The molecule has 0 spiro atoms. The van der Waals surface area contributed by atoms with Gasteiger partial charge in [-0.2, -0.15) is 5.26 Å². The molecule has 0 radical (unpaired) electrons. The summed E-state index contributed by atoms with van der Waals surface area (Å²) in [5.74, 6) is 0. The minimum atomic E-state index is -3.50. The summed E-state index contributed by atoms with van der Waals surface area (Å²) in [5, 5.41) is 8.70. The number of nitrogens with one attached hydrogen (secondary N) is 1. The van der Waals surface area contributed by atoms with E-state index in [-0.39, 0.29) is 10.9 Å². The van der Waals surface area contributed by atoms with Gasteiger partial charge in [-0.1, -0.05) is 0 Å². The van der Waals surface area contributed by atoms with Crippen LogP contribution in [0.5, 0.6) is 0 Å². The molecule has 0 bridgehead atoms. The molecular formula is C13H20N4O2S. The van der Waals surface area contributed by atoms with Crippen LogP contribution in [0, 0.1) is 11.3 Å². The fraction of sp³-hybridized carbons (Fsp3) is 0.462. The molecular weight excluding hydrogens is 276 g/mol. The molecule has 0 aliphatic heterocycles. The summed E-state index contributed by atoms with van der Waals surface area (Å²) in [6.45, 7) is 4.54. The number of nitrogens with zero attached hydrogens (tertiary/aromatic N) is 2. The van der Waals surface area contributed by atoms with E-state index in [1.807, 2.05) is 18.7 Å². The lowest BCUT2D eigenvalue weighted by Crippen LogP contribution is -2.32. The molecule has 0 amide bonds. The van der Waals surface area contributed by atoms with Gasteiger partial charge in [-0.3, -0.25) is 0 Å². The number of nitriles is 1. The average molecular weight is 296 g/mol. The van der Waals surface area contributed by atoms with Gasteiger partial charge >= 0.3 is 0 Å². The van der Waals surface area contributed by atoms with E-state index in [4.69, 9.17) is 11.0 Å². The van der Waals surface area contributed by atoms with Crippen LogP contribution in [-0.4, -0.2) is 28.1 Å². The first kappa shape index (κ1) is 16.3. The maximum absolute atomic E-state index is 11.7. The summed E-state index contributed by atoms with van der Waals surface area (Å²) in [6, 6.07) is 6.89. The quantitative estimate of drug-likeness (QED) is 0.771. The first-order valence-electron chi connectivity index (χ1n) is 6.30. The summed E-state index contributed by atoms with van der Waals surface area (Å²) in [7, 11) is -2.15. The van der Waals surface area contributed by atoms with Crippen molar-refractivity contribution >= 4 is 21.4 Å². The normalized spacial score (nSPS) is 11.3. The van der Waals surface area contributed by atoms with Crippen molar-refractivity contribution in [2.24, 2.45) is 0 Å². The van der Waals surface area contributed by atoms with E-state index in [1.165, 1.54) is 19.2 Å². The van der Waals surface area contributed by atoms with Crippen LogP contribution in [0.15, 0.2) is 23.1 Å². The maximum atomic E-state index is 11.7. The van der Waals surface area contributed by atoms with Crippen molar-refractivity contribution < 1.29 is 8.42 Å². The van der Waals surface area contributed by atoms with E-state index in [1.54, 1.807) is 6.07 Å². The Balaban J connectivity index is 3.17. The minimum absolute atomic E-state index is 0.130. The molecule has 0 aromatic heterocycles. The third kappa shape index (κ3) is 3.62. The standard InChI is InChI=1S/C13H20N4O2S/c1-10(2)17(8-4-7-14)13-6-5-11(9-12(13)15)20(18,19)16-3/h5-6,9-10,16H,4,8,15H2,1-3H3. The molecule has 0 unspecified atom stereocenters. The fourth-order valence-electron chi connectivity index (χ4n) is 1.91. The predicted octanol–water partition coefficient (Wildman–Crippen LogP) is 1.31. The van der Waals surface area contributed by atoms with Gasteiger partial charge in [0, 0.05) is 12.6 Å². The zero-order valence-corrected chi connectivity index (χ0v) is 12.7. The second kappa shape index (κ2) is 6.59. The molecule has 20 heavy (non-hydrogen) atoms. The number of rotatable bonds is 6. The smallest absolute Gasteiger partial charge is 0.240 e. The van der Waals surface area contributed by atoms with Crippen LogP contribution in [0.1, 0.15) is 20.3 Å². The van der Waals surface area contributed by atoms with Crippen LogP contribution in [-0.2, 0) is 10.0 Å². The van der Waals surface area contributed by atoms with Crippen molar-refractivity contribution in [3.63, 3.8) is 0 Å². The highest BCUT2D eigenvalue weighted by atomic mass is 32.2. The predicted molar refractivity (Wildman–Crippen MR) is 79.8 cm³/mol. The highest BCUT2D eigenvalue weighted by Crippen LogP contribution is 2.27. The Morgan fingerprint density at radius 2 is 2.10 bits per heavy atom. The van der Waals surface area contributed by atoms with Crippen molar-refractivity contribution in [1.29, 1.82) is 5.26 Å². The summed E-state index contributed by atoms with van der Waals surface area (Å²) in [5.41, 5.74) is 7.09. The third-order valence-electron chi connectivity index (χ3n) is 2.98. The first-order chi connectivity index (χ1) is 9.33. The lowest BCUT2D eigenvalue weighted by Gasteiger charge is -2.29. The lowest BCUT2D eigenvalue weighted by molar-refractivity contribution is 0.588. The van der Waals surface area contributed by atoms with Gasteiger partial charge in [0.25, 0.3) is 0 Å². The SMILES string of the molecule is CNS(=O)(=O)c1ccc(N(CCC#N)C(C)C)c(N)c1. The van der Waals surface area contributed by atoms with E-state index in [0.29, 0.717) is 18.7 Å². The van der Waals surface area contributed by atoms with Crippen molar-refractivity contribution in [1.82, 2.24) is 4.72 Å². The van der Waals surface area contributed by atoms with Crippen molar-refractivity contribution in [3.8, 4) is 6.07 Å². The summed E-state index contributed by atoms with van der Waals surface area (Å²) in [4.78, 5) is 2.11. The Morgan fingerprint density at radius 1 is 1.45 bits per heavy atom. The molecule has 0 fully saturated rings. The number of sulfonamides is 1. The number of hydrogen-bond donors (Lipinski definition) is 2. The zero-order chi connectivity index (χ0) is 15.3. The molecule has 0 saturated heterocycles. The molecule has 1 rings (SSSR count). The van der Waals surface area contributed by atoms with Crippen molar-refractivity contribution in [2.75, 3.05) is 24.2 Å². The molecule has 1 aromatic rings. The summed E-state index contributed by atoms with van der Waals surface area (Å²) in [6.07, 6.45) is 0.383. The van der Waals surface area contributed by atoms with Gasteiger partial charge in [0.05, 0.1) is 28.8 Å². The second-order valence-corrected chi connectivity index (χ2v) is 6.51. The Hall–Kier alpha value is -1.78. The number of nitrogen functional groups attached to an aromatic ring is 1. The highest BCUT2D eigenvalue weighted by Gasteiger charge is 2.17. The van der Waals surface area contributed by atoms with Gasteiger partial charge in [0.15, 0.2) is 0 Å². The molecule has 1 aromatic carbocycles. The molecule has 7 heteroatoms. The van der Waals surface area contributed by atoms with Crippen LogP contribution >= 0.6 is 0 Å². The highest BCUT2D eigenvalue weighted by molar-refractivity contribution is 7.89. The summed E-state index contributed by atoms with van der Waals surface area (Å²) >= 11 is 0. The molecule has 110 valence electrons. The van der Waals surface area contributed by atoms with Crippen LogP contribution in [0.25, 0.3) is 0 Å². The van der Waals surface area contributed by atoms with Gasteiger partial charge in [-0.15, -0.1) is 0 Å². The summed E-state index contributed by atoms with van der Waals surface area (Å²) < 4.78 is 25.7. The van der Waals surface area contributed by atoms with E-state index in [9.17, 15) is 8.42 Å². The van der Waals surface area contributed by atoms with E-state index in [2.05, 4.69) is 10.8 Å². The van der Waals surface area contributed by atoms with E-state index < -0.39 is 10.0 Å². The second-order valence-electron chi connectivity index (χ2n) is 4.62. The molecule has 0 heterocycles. The van der Waals surface area contributed by atoms with Gasteiger partial charge in [0.1, 0.15) is 0 Å². The number of benzene rings is 1. The topological polar surface area (TPSA) is 99.2 Å². The number of anilines is 2. The van der Waals surface area contributed by atoms with Crippen LogP contribution in [0.3, 0.4) is 0 Å². The lowest BCUT2D eigenvalue weighted by atomic mass is 10.2. The van der Waals surface area contributed by atoms with Gasteiger partial charge in [-0.05, 0) is 39.1 Å². The molecule has 0 atom stereocenters. The molecule has 0 aliphatic carbocycles. The number of nitrogens with two attached hydrogens (primary N) is 1. The Kier molecular flexibility index (Phi) is 5.36. The molecule has 0 aliphatic rings. The Morgan fingerprint density at radius 3 is 2.55 bits per heavy atom. The molecule has 6 nitrogen and oxygen atoms in total. The maximum Gasteiger partial charge on any atom is 0.240 e.